The summed E-state index contributed by atoms with van der Waals surface area (Å²) in [5.74, 6) is 0. The minimum atomic E-state index is -0.527. The average Bonchev–Trinajstić information content (AvgIpc) is 2.29. The summed E-state index contributed by atoms with van der Waals surface area (Å²) in [7, 11) is 0. The molecule has 16 heavy (non-hydrogen) atoms. The predicted molar refractivity (Wildman–Crippen MR) is 67.5 cm³/mol. The van der Waals surface area contributed by atoms with Crippen molar-refractivity contribution in [3.8, 4) is 0 Å². The summed E-state index contributed by atoms with van der Waals surface area (Å²) >= 11 is 0. The van der Waals surface area contributed by atoms with Crippen LogP contribution >= 0.6 is 0 Å². The molecule has 0 amide bonds. The van der Waals surface area contributed by atoms with Crippen molar-refractivity contribution in [2.45, 2.75) is 13.0 Å². The highest BCUT2D eigenvalue weighted by atomic mass is 16.3. The number of aromatic nitrogens is 1. The van der Waals surface area contributed by atoms with E-state index in [2.05, 4.69) is 23.0 Å². The molecule has 0 bridgehead atoms. The van der Waals surface area contributed by atoms with Crippen molar-refractivity contribution in [3.05, 3.63) is 49.3 Å². The summed E-state index contributed by atoms with van der Waals surface area (Å²) in [6.45, 7) is 10.6. The number of rotatable bonds is 6. The van der Waals surface area contributed by atoms with Gasteiger partial charge in [0.15, 0.2) is 0 Å². The number of anilines is 1. The lowest BCUT2D eigenvalue weighted by Crippen LogP contribution is -2.23. The normalized spacial score (nSPS) is 11.9. The molecule has 3 heteroatoms. The van der Waals surface area contributed by atoms with Gasteiger partial charge in [0.25, 0.3) is 0 Å². The van der Waals surface area contributed by atoms with E-state index in [-0.39, 0.29) is 0 Å². The van der Waals surface area contributed by atoms with Gasteiger partial charge in [0.2, 0.25) is 0 Å². The van der Waals surface area contributed by atoms with Gasteiger partial charge in [0.05, 0.1) is 23.7 Å². The highest BCUT2D eigenvalue weighted by molar-refractivity contribution is 5.46. The molecule has 0 saturated heterocycles. The van der Waals surface area contributed by atoms with Gasteiger partial charge < -0.3 is 10.0 Å². The SMILES string of the molecule is C=CCN(CC=C)c1ccc(C(C)O)nc1. The third-order valence-electron chi connectivity index (χ3n) is 2.26. The third-order valence-corrected chi connectivity index (χ3v) is 2.26. The van der Waals surface area contributed by atoms with Gasteiger partial charge in [0.1, 0.15) is 0 Å². The number of pyridine rings is 1. The van der Waals surface area contributed by atoms with E-state index in [0.717, 1.165) is 18.8 Å². The van der Waals surface area contributed by atoms with Crippen molar-refractivity contribution >= 4 is 5.69 Å². The Morgan fingerprint density at radius 1 is 1.38 bits per heavy atom. The zero-order valence-electron chi connectivity index (χ0n) is 9.63. The zero-order valence-corrected chi connectivity index (χ0v) is 9.63. The second-order valence-corrected chi connectivity index (χ2v) is 3.60. The maximum absolute atomic E-state index is 9.35. The maximum Gasteiger partial charge on any atom is 0.0931 e. The van der Waals surface area contributed by atoms with Crippen molar-refractivity contribution < 1.29 is 5.11 Å². The summed E-state index contributed by atoms with van der Waals surface area (Å²) in [6, 6.07) is 3.78. The first kappa shape index (κ1) is 12.5. The molecule has 1 aromatic heterocycles. The van der Waals surface area contributed by atoms with E-state index in [9.17, 15) is 5.11 Å². The van der Waals surface area contributed by atoms with E-state index >= 15 is 0 Å². The molecule has 0 aliphatic carbocycles. The fraction of sp³-hybridized carbons (Fsp3) is 0.308. The van der Waals surface area contributed by atoms with Crippen LogP contribution < -0.4 is 4.90 Å². The molecule has 1 atom stereocenters. The van der Waals surface area contributed by atoms with Crippen LogP contribution in [0.4, 0.5) is 5.69 Å². The van der Waals surface area contributed by atoms with Crippen LogP contribution in [0.15, 0.2) is 43.6 Å². The molecule has 1 aromatic rings. The van der Waals surface area contributed by atoms with Crippen LogP contribution in [0, 0.1) is 0 Å². The molecule has 0 aromatic carbocycles. The van der Waals surface area contributed by atoms with Gasteiger partial charge in [-0.05, 0) is 19.1 Å². The zero-order chi connectivity index (χ0) is 12.0. The van der Waals surface area contributed by atoms with E-state index in [4.69, 9.17) is 0 Å². The third kappa shape index (κ3) is 3.21. The Bertz CT molecular complexity index is 333. The molecular weight excluding hydrogens is 200 g/mol. The van der Waals surface area contributed by atoms with Crippen LogP contribution in [0.1, 0.15) is 18.7 Å². The van der Waals surface area contributed by atoms with Crippen molar-refractivity contribution in [1.29, 1.82) is 0 Å². The Hall–Kier alpha value is -1.61. The Balaban J connectivity index is 2.84. The summed E-state index contributed by atoms with van der Waals surface area (Å²) in [4.78, 5) is 6.30. The first-order valence-electron chi connectivity index (χ1n) is 5.29. The van der Waals surface area contributed by atoms with Crippen LogP contribution in [-0.2, 0) is 0 Å². The highest BCUT2D eigenvalue weighted by Crippen LogP contribution is 2.16. The van der Waals surface area contributed by atoms with Gasteiger partial charge in [0, 0.05) is 13.1 Å². The van der Waals surface area contributed by atoms with Gasteiger partial charge in [-0.25, -0.2) is 0 Å². The number of hydrogen-bond acceptors (Lipinski definition) is 3. The molecule has 0 fully saturated rings. The molecule has 0 aliphatic rings. The number of aliphatic hydroxyl groups is 1. The summed E-state index contributed by atoms with van der Waals surface area (Å²) in [5.41, 5.74) is 1.69. The molecule has 0 spiro atoms. The number of hydrogen-bond donors (Lipinski definition) is 1. The van der Waals surface area contributed by atoms with Crippen LogP contribution in [0.25, 0.3) is 0 Å². The second kappa shape index (κ2) is 6.08. The van der Waals surface area contributed by atoms with Crippen molar-refractivity contribution in [3.63, 3.8) is 0 Å². The fourth-order valence-electron chi connectivity index (χ4n) is 1.43. The summed E-state index contributed by atoms with van der Waals surface area (Å²) in [6.07, 6.45) is 4.91. The van der Waals surface area contributed by atoms with Crippen LogP contribution in [0.3, 0.4) is 0 Å². The number of aliphatic hydroxyl groups excluding tert-OH is 1. The second-order valence-electron chi connectivity index (χ2n) is 3.60. The van der Waals surface area contributed by atoms with E-state index in [1.54, 1.807) is 13.1 Å². The van der Waals surface area contributed by atoms with Crippen LogP contribution in [0.2, 0.25) is 0 Å². The highest BCUT2D eigenvalue weighted by Gasteiger charge is 2.05. The monoisotopic (exact) mass is 218 g/mol. The molecule has 1 heterocycles. The molecule has 1 rings (SSSR count). The largest absolute Gasteiger partial charge is 0.387 e. The van der Waals surface area contributed by atoms with E-state index in [1.165, 1.54) is 0 Å². The molecule has 0 saturated carbocycles. The summed E-state index contributed by atoms with van der Waals surface area (Å²) in [5, 5.41) is 9.35. The van der Waals surface area contributed by atoms with Crippen molar-refractivity contribution in [2.75, 3.05) is 18.0 Å². The van der Waals surface area contributed by atoms with E-state index < -0.39 is 6.10 Å². The Labute approximate surface area is 96.7 Å². The maximum atomic E-state index is 9.35. The fourth-order valence-corrected chi connectivity index (χ4v) is 1.43. The molecule has 1 unspecified atom stereocenters. The van der Waals surface area contributed by atoms with Crippen molar-refractivity contribution in [1.82, 2.24) is 4.98 Å². The quantitative estimate of drug-likeness (QED) is 0.744. The topological polar surface area (TPSA) is 36.4 Å². The first-order valence-corrected chi connectivity index (χ1v) is 5.29. The van der Waals surface area contributed by atoms with Gasteiger partial charge in [-0.1, -0.05) is 12.2 Å². The Kier molecular flexibility index (Phi) is 4.73. The predicted octanol–water partition coefficient (Wildman–Crippen LogP) is 2.31. The van der Waals surface area contributed by atoms with Crippen LogP contribution in [-0.4, -0.2) is 23.2 Å². The van der Waals surface area contributed by atoms with Gasteiger partial charge in [-0.15, -0.1) is 13.2 Å². The van der Waals surface area contributed by atoms with Gasteiger partial charge in [-0.3, -0.25) is 4.98 Å². The lowest BCUT2D eigenvalue weighted by Gasteiger charge is -2.21. The van der Waals surface area contributed by atoms with E-state index in [1.807, 2.05) is 24.3 Å². The molecule has 0 radical (unpaired) electrons. The van der Waals surface area contributed by atoms with Crippen LogP contribution in [0.5, 0.6) is 0 Å². The molecular formula is C13H18N2O. The minimum absolute atomic E-state index is 0.527. The molecule has 1 N–H and O–H groups in total. The lowest BCUT2D eigenvalue weighted by molar-refractivity contribution is 0.194. The molecule has 0 aliphatic heterocycles. The smallest absolute Gasteiger partial charge is 0.0931 e. The minimum Gasteiger partial charge on any atom is -0.387 e. The van der Waals surface area contributed by atoms with E-state index in [0.29, 0.717) is 5.69 Å². The first-order chi connectivity index (χ1) is 7.69. The standard InChI is InChI=1S/C13H18N2O/c1-4-8-15(9-5-2)12-6-7-13(11(3)16)14-10-12/h4-7,10-11,16H,1-2,8-9H2,3H3. The molecule has 86 valence electrons. The van der Waals surface area contributed by atoms with Gasteiger partial charge in [-0.2, -0.15) is 0 Å². The Morgan fingerprint density at radius 2 is 2.00 bits per heavy atom. The number of nitrogens with zero attached hydrogens (tertiary/aromatic N) is 2. The van der Waals surface area contributed by atoms with Gasteiger partial charge >= 0.3 is 0 Å². The van der Waals surface area contributed by atoms with Crippen molar-refractivity contribution in [2.24, 2.45) is 0 Å². The average molecular weight is 218 g/mol. The Morgan fingerprint density at radius 3 is 2.38 bits per heavy atom. The molecule has 3 nitrogen and oxygen atoms in total. The summed E-state index contributed by atoms with van der Waals surface area (Å²) < 4.78 is 0. The lowest BCUT2D eigenvalue weighted by atomic mass is 10.2.